The molecule has 0 nitrogen and oxygen atoms in total. The lowest BCUT2D eigenvalue weighted by Crippen LogP contribution is -1.79. The van der Waals surface area contributed by atoms with Gasteiger partial charge in [0.2, 0.25) is 0 Å². The molecule has 0 aliphatic rings. The third-order valence-electron chi connectivity index (χ3n) is 3.41. The lowest BCUT2D eigenvalue weighted by atomic mass is 10.1. The second kappa shape index (κ2) is 8.56. The van der Waals surface area contributed by atoms with Crippen LogP contribution in [0.5, 0.6) is 0 Å². The van der Waals surface area contributed by atoms with Crippen molar-refractivity contribution in [1.82, 2.24) is 0 Å². The van der Waals surface area contributed by atoms with Gasteiger partial charge in [-0.1, -0.05) is 61.8 Å². The standard InChI is InChI=1S/C22H20/c1-3-19-11-15-21(16-12-19)9-7-5-6-8-10-22-17-13-20(4-2)14-18-22/h5-6,11-18H,3-4H2,1-2H3. The molecule has 0 unspecified atom stereocenters. The third kappa shape index (κ3) is 5.01. The quantitative estimate of drug-likeness (QED) is 0.697. The van der Waals surface area contributed by atoms with E-state index >= 15 is 0 Å². The molecule has 2 aromatic carbocycles. The summed E-state index contributed by atoms with van der Waals surface area (Å²) in [6.07, 6.45) is 5.70. The lowest BCUT2D eigenvalue weighted by Gasteiger charge is -1.94. The minimum Gasteiger partial charge on any atom is -0.0689 e. The summed E-state index contributed by atoms with van der Waals surface area (Å²) < 4.78 is 0. The SMILES string of the molecule is CCc1ccc(C#CC=CC#Cc2ccc(CC)cc2)cc1. The van der Waals surface area contributed by atoms with Gasteiger partial charge in [-0.05, 0) is 60.4 Å². The molecule has 0 aliphatic carbocycles. The smallest absolute Gasteiger partial charge is 0.0249 e. The molecule has 0 heteroatoms. The highest BCUT2D eigenvalue weighted by molar-refractivity contribution is 5.41. The van der Waals surface area contributed by atoms with Gasteiger partial charge in [0, 0.05) is 11.1 Å². The van der Waals surface area contributed by atoms with Crippen LogP contribution in [0.3, 0.4) is 0 Å². The number of hydrogen-bond donors (Lipinski definition) is 0. The molecule has 0 bridgehead atoms. The summed E-state index contributed by atoms with van der Waals surface area (Å²) in [6, 6.07) is 16.7. The Bertz CT molecular complexity index is 669. The molecule has 0 fully saturated rings. The summed E-state index contributed by atoms with van der Waals surface area (Å²) >= 11 is 0. The Kier molecular flexibility index (Phi) is 6.10. The maximum Gasteiger partial charge on any atom is 0.0249 e. The van der Waals surface area contributed by atoms with Gasteiger partial charge in [-0.15, -0.1) is 0 Å². The Morgan fingerprint density at radius 2 is 1.00 bits per heavy atom. The fourth-order valence-corrected chi connectivity index (χ4v) is 1.98. The van der Waals surface area contributed by atoms with Crippen LogP contribution >= 0.6 is 0 Å². The van der Waals surface area contributed by atoms with Gasteiger partial charge in [-0.3, -0.25) is 0 Å². The Hall–Kier alpha value is -2.70. The van der Waals surface area contributed by atoms with E-state index < -0.39 is 0 Å². The van der Waals surface area contributed by atoms with Crippen molar-refractivity contribution in [3.8, 4) is 23.7 Å². The topological polar surface area (TPSA) is 0 Å². The molecule has 0 radical (unpaired) electrons. The zero-order valence-corrected chi connectivity index (χ0v) is 13.2. The number of rotatable bonds is 2. The number of allylic oxidation sites excluding steroid dienone is 2. The van der Waals surface area contributed by atoms with Gasteiger partial charge in [0.25, 0.3) is 0 Å². The minimum absolute atomic E-state index is 1.03. The Balaban J connectivity index is 1.93. The van der Waals surface area contributed by atoms with Crippen LogP contribution in [0.4, 0.5) is 0 Å². The van der Waals surface area contributed by atoms with Crippen LogP contribution in [-0.2, 0) is 12.8 Å². The van der Waals surface area contributed by atoms with Gasteiger partial charge in [0.15, 0.2) is 0 Å². The van der Waals surface area contributed by atoms with E-state index in [0.717, 1.165) is 24.0 Å². The molecular weight excluding hydrogens is 264 g/mol. The van der Waals surface area contributed by atoms with Crippen molar-refractivity contribution in [3.05, 3.63) is 82.9 Å². The molecule has 0 heterocycles. The first-order valence-electron chi connectivity index (χ1n) is 7.67. The summed E-state index contributed by atoms with van der Waals surface area (Å²) in [5.74, 6) is 12.2. The molecule has 0 saturated carbocycles. The van der Waals surface area contributed by atoms with E-state index in [1.54, 1.807) is 12.2 Å². The van der Waals surface area contributed by atoms with Crippen molar-refractivity contribution < 1.29 is 0 Å². The first-order chi connectivity index (χ1) is 10.8. The average molecular weight is 284 g/mol. The summed E-state index contributed by atoms with van der Waals surface area (Å²) in [5.41, 5.74) is 4.73. The van der Waals surface area contributed by atoms with Crippen LogP contribution in [0.1, 0.15) is 36.1 Å². The predicted octanol–water partition coefficient (Wildman–Crippen LogP) is 4.77. The number of aryl methyl sites for hydroxylation is 2. The fourth-order valence-electron chi connectivity index (χ4n) is 1.98. The van der Waals surface area contributed by atoms with Crippen LogP contribution < -0.4 is 0 Å². The molecular formula is C22H20. The Morgan fingerprint density at radius 3 is 1.32 bits per heavy atom. The van der Waals surface area contributed by atoms with E-state index in [-0.39, 0.29) is 0 Å². The number of hydrogen-bond acceptors (Lipinski definition) is 0. The molecule has 0 N–H and O–H groups in total. The zero-order chi connectivity index (χ0) is 15.6. The minimum atomic E-state index is 1.03. The summed E-state index contributed by atoms with van der Waals surface area (Å²) in [4.78, 5) is 0. The largest absolute Gasteiger partial charge is 0.0689 e. The van der Waals surface area contributed by atoms with E-state index in [9.17, 15) is 0 Å². The summed E-state index contributed by atoms with van der Waals surface area (Å²) in [7, 11) is 0. The predicted molar refractivity (Wildman–Crippen MR) is 94.5 cm³/mol. The second-order valence-corrected chi connectivity index (χ2v) is 4.97. The summed E-state index contributed by atoms with van der Waals surface area (Å²) in [5, 5.41) is 0. The van der Waals surface area contributed by atoms with E-state index in [2.05, 4.69) is 86.1 Å². The molecule has 108 valence electrons. The highest BCUT2D eigenvalue weighted by atomic mass is 13.9. The van der Waals surface area contributed by atoms with Crippen molar-refractivity contribution in [3.63, 3.8) is 0 Å². The monoisotopic (exact) mass is 284 g/mol. The Morgan fingerprint density at radius 1 is 0.636 bits per heavy atom. The average Bonchev–Trinajstić information content (AvgIpc) is 2.59. The van der Waals surface area contributed by atoms with Crippen molar-refractivity contribution in [1.29, 1.82) is 0 Å². The van der Waals surface area contributed by atoms with Gasteiger partial charge in [0.1, 0.15) is 0 Å². The van der Waals surface area contributed by atoms with E-state index in [0.29, 0.717) is 0 Å². The molecule has 0 amide bonds. The molecule has 2 rings (SSSR count). The molecule has 0 spiro atoms. The van der Waals surface area contributed by atoms with Crippen LogP contribution in [0.2, 0.25) is 0 Å². The molecule has 2 aromatic rings. The van der Waals surface area contributed by atoms with Crippen molar-refractivity contribution in [2.45, 2.75) is 26.7 Å². The molecule has 0 atom stereocenters. The first-order valence-corrected chi connectivity index (χ1v) is 7.67. The third-order valence-corrected chi connectivity index (χ3v) is 3.41. The van der Waals surface area contributed by atoms with Crippen LogP contribution in [0.25, 0.3) is 0 Å². The maximum absolute atomic E-state index is 3.11. The van der Waals surface area contributed by atoms with E-state index in [4.69, 9.17) is 0 Å². The van der Waals surface area contributed by atoms with E-state index in [1.807, 2.05) is 0 Å². The van der Waals surface area contributed by atoms with Crippen LogP contribution in [0.15, 0.2) is 60.7 Å². The molecule has 22 heavy (non-hydrogen) atoms. The highest BCUT2D eigenvalue weighted by Gasteiger charge is 1.88. The fraction of sp³-hybridized carbons (Fsp3) is 0.182. The lowest BCUT2D eigenvalue weighted by molar-refractivity contribution is 1.14. The van der Waals surface area contributed by atoms with Gasteiger partial charge >= 0.3 is 0 Å². The zero-order valence-electron chi connectivity index (χ0n) is 13.2. The normalized spacial score (nSPS) is 9.73. The second-order valence-electron chi connectivity index (χ2n) is 4.97. The van der Waals surface area contributed by atoms with Gasteiger partial charge in [0.05, 0.1) is 0 Å². The maximum atomic E-state index is 3.11. The summed E-state index contributed by atoms with van der Waals surface area (Å²) in [6.45, 7) is 4.30. The van der Waals surface area contributed by atoms with Crippen molar-refractivity contribution in [2.24, 2.45) is 0 Å². The molecule has 0 aromatic heterocycles. The molecule has 0 saturated heterocycles. The Labute approximate surface area is 133 Å². The van der Waals surface area contributed by atoms with Crippen molar-refractivity contribution >= 4 is 0 Å². The number of benzene rings is 2. The first kappa shape index (κ1) is 15.7. The van der Waals surface area contributed by atoms with Crippen molar-refractivity contribution in [2.75, 3.05) is 0 Å². The highest BCUT2D eigenvalue weighted by Crippen LogP contribution is 2.04. The van der Waals surface area contributed by atoms with Crippen LogP contribution in [0, 0.1) is 23.7 Å². The van der Waals surface area contributed by atoms with Crippen LogP contribution in [-0.4, -0.2) is 0 Å². The van der Waals surface area contributed by atoms with Gasteiger partial charge in [-0.25, -0.2) is 0 Å². The van der Waals surface area contributed by atoms with Gasteiger partial charge < -0.3 is 0 Å². The molecule has 0 aliphatic heterocycles. The van der Waals surface area contributed by atoms with Gasteiger partial charge in [-0.2, -0.15) is 0 Å². The van der Waals surface area contributed by atoms with E-state index in [1.165, 1.54) is 11.1 Å².